The molecule has 0 saturated carbocycles. The van der Waals surface area contributed by atoms with Gasteiger partial charge in [0.2, 0.25) is 0 Å². The third kappa shape index (κ3) is 2.88. The number of halogens is 1. The summed E-state index contributed by atoms with van der Waals surface area (Å²) in [5, 5.41) is 4.60. The summed E-state index contributed by atoms with van der Waals surface area (Å²) < 4.78 is 12.5. The lowest BCUT2D eigenvalue weighted by molar-refractivity contribution is 0.272. The van der Waals surface area contributed by atoms with Gasteiger partial charge < -0.3 is 9.47 Å². The minimum absolute atomic E-state index is 0.482. The van der Waals surface area contributed by atoms with Crippen molar-refractivity contribution in [2.75, 3.05) is 14.2 Å². The highest BCUT2D eigenvalue weighted by Crippen LogP contribution is 2.30. The second-order valence-corrected chi connectivity index (χ2v) is 4.67. The van der Waals surface area contributed by atoms with Gasteiger partial charge in [-0.25, -0.2) is 9.50 Å². The summed E-state index contributed by atoms with van der Waals surface area (Å²) in [6, 6.07) is 3.56. The molecule has 0 bridgehead atoms. The van der Waals surface area contributed by atoms with Crippen LogP contribution in [-0.2, 0) is 9.47 Å². The molecule has 0 saturated heterocycles. The largest absolute Gasteiger partial charge is 0.500 e. The Balaban J connectivity index is 2.72. The summed E-state index contributed by atoms with van der Waals surface area (Å²) in [4.78, 5) is 4.59. The average molecular weight is 308 g/mol. The van der Waals surface area contributed by atoms with E-state index in [0.717, 1.165) is 17.8 Å². The first-order valence-corrected chi connectivity index (χ1v) is 7.02. The summed E-state index contributed by atoms with van der Waals surface area (Å²) >= 11 is 6.27. The molecule has 2 heterocycles. The van der Waals surface area contributed by atoms with E-state index in [1.165, 1.54) is 0 Å². The number of aromatic nitrogens is 3. The van der Waals surface area contributed by atoms with E-state index in [9.17, 15) is 0 Å². The lowest BCUT2D eigenvalue weighted by Crippen LogP contribution is -2.04. The Kier molecular flexibility index (Phi) is 4.85. The van der Waals surface area contributed by atoms with E-state index in [2.05, 4.69) is 10.1 Å². The van der Waals surface area contributed by atoms with Crippen LogP contribution in [0.5, 0.6) is 0 Å². The first-order chi connectivity index (χ1) is 10.2. The molecule has 0 aliphatic heterocycles. The van der Waals surface area contributed by atoms with Gasteiger partial charge in [0.1, 0.15) is 16.7 Å². The maximum Gasteiger partial charge on any atom is 0.157 e. The Hall–Kier alpha value is -2.01. The van der Waals surface area contributed by atoms with E-state index in [4.69, 9.17) is 21.1 Å². The average Bonchev–Trinajstić information content (AvgIpc) is 2.96. The first kappa shape index (κ1) is 15.4. The first-order valence-electron chi connectivity index (χ1n) is 6.64. The van der Waals surface area contributed by atoms with E-state index >= 15 is 0 Å². The van der Waals surface area contributed by atoms with Gasteiger partial charge >= 0.3 is 0 Å². The topological polar surface area (TPSA) is 48.7 Å². The Morgan fingerprint density at radius 3 is 2.71 bits per heavy atom. The lowest BCUT2D eigenvalue weighted by atomic mass is 10.1. The predicted molar refractivity (Wildman–Crippen MR) is 83.0 cm³/mol. The maximum absolute atomic E-state index is 6.27. The number of fused-ring (bicyclic) bond motifs is 1. The Morgan fingerprint density at radius 1 is 1.38 bits per heavy atom. The Labute approximate surface area is 128 Å². The van der Waals surface area contributed by atoms with Crippen LogP contribution < -0.4 is 0 Å². The van der Waals surface area contributed by atoms with Gasteiger partial charge in [0.15, 0.2) is 5.65 Å². The monoisotopic (exact) mass is 307 g/mol. The van der Waals surface area contributed by atoms with Gasteiger partial charge in [-0.3, -0.25) is 0 Å². The van der Waals surface area contributed by atoms with Crippen LogP contribution in [0.1, 0.15) is 26.0 Å². The predicted octanol–water partition coefficient (Wildman–Crippen LogP) is 3.70. The van der Waals surface area contributed by atoms with E-state index < -0.39 is 0 Å². The zero-order chi connectivity index (χ0) is 15.4. The molecule has 0 N–H and O–H groups in total. The van der Waals surface area contributed by atoms with Crippen LogP contribution >= 0.6 is 11.6 Å². The van der Waals surface area contributed by atoms with Crippen molar-refractivity contribution in [2.45, 2.75) is 20.3 Å². The van der Waals surface area contributed by atoms with Crippen molar-refractivity contribution >= 4 is 22.8 Å². The van der Waals surface area contributed by atoms with Gasteiger partial charge in [0, 0.05) is 18.6 Å². The maximum atomic E-state index is 6.27. The quantitative estimate of drug-likeness (QED) is 0.480. The third-order valence-electron chi connectivity index (χ3n) is 3.15. The molecule has 0 aliphatic carbocycles. The molecule has 2 aromatic heterocycles. The number of nitrogens with zero attached hydrogens (tertiary/aromatic N) is 3. The molecular formula is C15H18ClN3O2. The summed E-state index contributed by atoms with van der Waals surface area (Å²) in [5.41, 5.74) is 2.17. The standard InChI is InChI=1S/C15H18ClN3O2/c1-5-11(20-3)15(12(6-2)21-4)10-9-13(16)19-14(18-10)7-8-17-19/h5,7-9H,6H2,1-4H3/b11-5+,15-12+. The number of ether oxygens (including phenoxy) is 2. The number of hydrogen-bond acceptors (Lipinski definition) is 4. The molecule has 6 heteroatoms. The molecule has 0 radical (unpaired) electrons. The van der Waals surface area contributed by atoms with Gasteiger partial charge in [-0.05, 0) is 13.0 Å². The SMILES string of the molecule is C/C=C(OC)\C(=C(/CC)OC)c1cc(Cl)n2nccc2n1. The lowest BCUT2D eigenvalue weighted by Gasteiger charge is -2.15. The van der Waals surface area contributed by atoms with Crippen LogP contribution in [0.25, 0.3) is 11.2 Å². The van der Waals surface area contributed by atoms with E-state index in [-0.39, 0.29) is 0 Å². The number of hydrogen-bond donors (Lipinski definition) is 0. The van der Waals surface area contributed by atoms with Gasteiger partial charge in [0.25, 0.3) is 0 Å². The minimum atomic E-state index is 0.482. The fraction of sp³-hybridized carbons (Fsp3) is 0.333. The van der Waals surface area contributed by atoms with E-state index in [1.807, 2.05) is 19.9 Å². The van der Waals surface area contributed by atoms with Gasteiger partial charge in [-0.1, -0.05) is 18.5 Å². The molecule has 0 fully saturated rings. The second kappa shape index (κ2) is 6.63. The van der Waals surface area contributed by atoms with Crippen LogP contribution in [0.2, 0.25) is 5.15 Å². The van der Waals surface area contributed by atoms with E-state index in [1.54, 1.807) is 37.1 Å². The molecule has 5 nitrogen and oxygen atoms in total. The fourth-order valence-corrected chi connectivity index (χ4v) is 2.43. The van der Waals surface area contributed by atoms with Crippen LogP contribution in [0.15, 0.2) is 35.9 Å². The number of methoxy groups -OCH3 is 2. The van der Waals surface area contributed by atoms with Crippen LogP contribution in [0.4, 0.5) is 0 Å². The number of rotatable bonds is 5. The zero-order valence-electron chi connectivity index (χ0n) is 12.6. The molecular weight excluding hydrogens is 290 g/mol. The molecule has 0 unspecified atom stereocenters. The molecule has 0 aliphatic rings. The molecule has 112 valence electrons. The van der Waals surface area contributed by atoms with Crippen molar-refractivity contribution in [3.8, 4) is 0 Å². The van der Waals surface area contributed by atoms with Crippen molar-refractivity contribution in [1.82, 2.24) is 14.6 Å². The summed E-state index contributed by atoms with van der Waals surface area (Å²) in [6.45, 7) is 3.92. The van der Waals surface area contributed by atoms with Crippen molar-refractivity contribution in [1.29, 1.82) is 0 Å². The molecule has 2 aromatic rings. The number of allylic oxidation sites excluding steroid dienone is 3. The molecule has 2 rings (SSSR count). The Bertz CT molecular complexity index is 698. The smallest absolute Gasteiger partial charge is 0.157 e. The van der Waals surface area contributed by atoms with Crippen molar-refractivity contribution in [3.63, 3.8) is 0 Å². The van der Waals surface area contributed by atoms with Crippen LogP contribution in [-0.4, -0.2) is 28.8 Å². The summed E-state index contributed by atoms with van der Waals surface area (Å²) in [6.07, 6.45) is 4.25. The van der Waals surface area contributed by atoms with E-state index in [0.29, 0.717) is 22.3 Å². The highest BCUT2D eigenvalue weighted by Gasteiger charge is 2.18. The van der Waals surface area contributed by atoms with Crippen molar-refractivity contribution in [3.05, 3.63) is 46.8 Å². The minimum Gasteiger partial charge on any atom is -0.500 e. The van der Waals surface area contributed by atoms with Crippen LogP contribution in [0.3, 0.4) is 0 Å². The Morgan fingerprint density at radius 2 is 2.14 bits per heavy atom. The molecule has 0 aromatic carbocycles. The summed E-state index contributed by atoms with van der Waals surface area (Å²) in [7, 11) is 3.26. The van der Waals surface area contributed by atoms with Crippen molar-refractivity contribution in [2.24, 2.45) is 0 Å². The van der Waals surface area contributed by atoms with Gasteiger partial charge in [0.05, 0.1) is 31.7 Å². The third-order valence-corrected chi connectivity index (χ3v) is 3.42. The van der Waals surface area contributed by atoms with Crippen LogP contribution in [0, 0.1) is 0 Å². The summed E-state index contributed by atoms with van der Waals surface area (Å²) in [5.74, 6) is 1.48. The van der Waals surface area contributed by atoms with Gasteiger partial charge in [-0.15, -0.1) is 0 Å². The molecule has 0 spiro atoms. The molecule has 0 atom stereocenters. The highest BCUT2D eigenvalue weighted by molar-refractivity contribution is 6.29. The highest BCUT2D eigenvalue weighted by atomic mass is 35.5. The normalized spacial score (nSPS) is 13.3. The zero-order valence-corrected chi connectivity index (χ0v) is 13.3. The second-order valence-electron chi connectivity index (χ2n) is 4.28. The van der Waals surface area contributed by atoms with Crippen molar-refractivity contribution < 1.29 is 9.47 Å². The molecule has 0 amide bonds. The van der Waals surface area contributed by atoms with Gasteiger partial charge in [-0.2, -0.15) is 5.10 Å². The molecule has 21 heavy (non-hydrogen) atoms. The fourth-order valence-electron chi connectivity index (χ4n) is 2.20.